The van der Waals surface area contributed by atoms with Gasteiger partial charge in [-0.15, -0.1) is 0 Å². The number of rotatable bonds is 10. The molecule has 0 fully saturated rings. The summed E-state index contributed by atoms with van der Waals surface area (Å²) in [5, 5.41) is 10.6. The molecule has 26 heavy (non-hydrogen) atoms. The molecule has 0 bridgehead atoms. The van der Waals surface area contributed by atoms with Crippen LogP contribution in [0.1, 0.15) is 55.1 Å². The van der Waals surface area contributed by atoms with Gasteiger partial charge in [0, 0.05) is 2.74 Å². The van der Waals surface area contributed by atoms with Crippen molar-refractivity contribution in [2.75, 3.05) is 20.7 Å². The van der Waals surface area contributed by atoms with Crippen LogP contribution < -0.4 is 14.2 Å². The topological polar surface area (TPSA) is 47.9 Å². The highest BCUT2D eigenvalue weighted by molar-refractivity contribution is 5.42. The van der Waals surface area contributed by atoms with Crippen molar-refractivity contribution in [1.82, 2.24) is 0 Å². The number of methoxy groups -OCH3 is 2. The SMILES string of the molecule is [2H]c1c([2H])c(OC([2H])([2H])C([2H])(O)CCCC([2H])([2H])c2c([2H])c([2H])c(OC)c(OC([2H])([2H])[2H])c2[2H])c([2H])c(C)c1C. The third-order valence-corrected chi connectivity index (χ3v) is 3.44. The van der Waals surface area contributed by atoms with Crippen LogP contribution in [0.15, 0.2) is 36.3 Å². The Morgan fingerprint density at radius 1 is 1.12 bits per heavy atom. The Morgan fingerprint density at radius 2 is 1.96 bits per heavy atom. The van der Waals surface area contributed by atoms with E-state index in [0.29, 0.717) is 5.56 Å². The highest BCUT2D eigenvalue weighted by atomic mass is 16.5. The monoisotopic (exact) mass is 372 g/mol. The predicted octanol–water partition coefficient (Wildman–Crippen LogP) is 4.47. The van der Waals surface area contributed by atoms with Crippen molar-refractivity contribution in [2.24, 2.45) is 0 Å². The van der Waals surface area contributed by atoms with Crippen molar-refractivity contribution >= 4 is 0 Å². The average molecular weight is 373 g/mol. The molecule has 2 aromatic rings. The molecule has 0 heterocycles. The zero-order chi connectivity index (χ0) is 31.2. The number of ether oxygens (including phenoxy) is 3. The second-order valence-electron chi connectivity index (χ2n) is 5.35. The van der Waals surface area contributed by atoms with E-state index in [9.17, 15) is 5.11 Å². The van der Waals surface area contributed by atoms with Gasteiger partial charge in [-0.05, 0) is 73.9 Å². The molecule has 0 radical (unpaired) electrons. The van der Waals surface area contributed by atoms with Gasteiger partial charge in [0.2, 0.25) is 0 Å². The Labute approximate surface area is 176 Å². The number of aliphatic hydroxyl groups is 1. The van der Waals surface area contributed by atoms with Crippen molar-refractivity contribution in [3.63, 3.8) is 0 Å². The lowest BCUT2D eigenvalue weighted by atomic mass is 10.0. The first-order valence-corrected chi connectivity index (χ1v) is 7.86. The Morgan fingerprint density at radius 3 is 2.73 bits per heavy atom. The standard InChI is InChI=1S/C22H30O4/c1-16-9-11-20(13-17(16)2)26-15-19(23)8-6-5-7-18-10-12-21(24-3)22(14-18)25-4/h9-14,19,23H,5-8,15H2,1-4H3/i4D3,7D2,9D,10D,11D,12D,13D,14D,15D2,19D. The first-order valence-electron chi connectivity index (χ1n) is 14.9. The second-order valence-corrected chi connectivity index (χ2v) is 5.35. The Hall–Kier alpha value is -2.20. The molecule has 0 aliphatic rings. The fraction of sp³-hybridized carbons (Fsp3) is 0.455. The molecule has 4 nitrogen and oxygen atoms in total. The normalized spacial score (nSPS) is 22.5. The minimum Gasteiger partial charge on any atom is -0.493 e. The lowest BCUT2D eigenvalue weighted by Gasteiger charge is -2.13. The highest BCUT2D eigenvalue weighted by Gasteiger charge is 2.07. The van der Waals surface area contributed by atoms with E-state index in [1.807, 2.05) is 0 Å². The number of hydrogen-bond donors (Lipinski definition) is 1. The van der Waals surface area contributed by atoms with Crippen molar-refractivity contribution in [3.05, 3.63) is 52.9 Å². The molecule has 4 heteroatoms. The van der Waals surface area contributed by atoms with Gasteiger partial charge in [0.15, 0.2) is 11.5 Å². The van der Waals surface area contributed by atoms with Crippen LogP contribution in [0.2, 0.25) is 0 Å². The minimum absolute atomic E-state index is 0.251. The number of hydrogen-bond acceptors (Lipinski definition) is 4. The third kappa shape index (κ3) is 5.95. The van der Waals surface area contributed by atoms with Gasteiger partial charge in [0.1, 0.15) is 12.3 Å². The maximum atomic E-state index is 10.6. The number of benzene rings is 2. The molecule has 1 N–H and O–H groups in total. The van der Waals surface area contributed by atoms with Crippen LogP contribution in [-0.4, -0.2) is 31.9 Å². The highest BCUT2D eigenvalue weighted by Crippen LogP contribution is 2.28. The van der Waals surface area contributed by atoms with Gasteiger partial charge in [-0.25, -0.2) is 0 Å². The zero-order valence-corrected chi connectivity index (χ0v) is 14.8. The first kappa shape index (κ1) is 8.22. The first-order chi connectivity index (χ1) is 18.0. The molecule has 0 saturated heterocycles. The van der Waals surface area contributed by atoms with E-state index in [4.69, 9.17) is 33.4 Å². The van der Waals surface area contributed by atoms with E-state index in [1.54, 1.807) is 0 Å². The molecule has 0 spiro atoms. The van der Waals surface area contributed by atoms with E-state index >= 15 is 0 Å². The van der Waals surface area contributed by atoms with Crippen molar-refractivity contribution in [3.8, 4) is 17.2 Å². The summed E-state index contributed by atoms with van der Waals surface area (Å²) in [6, 6.07) is -3.63. The summed E-state index contributed by atoms with van der Waals surface area (Å²) in [5.41, 5.74) is -0.127. The average Bonchev–Trinajstić information content (AvgIpc) is 2.81. The molecule has 0 aliphatic heterocycles. The van der Waals surface area contributed by atoms with Gasteiger partial charge in [-0.3, -0.25) is 0 Å². The molecule has 0 saturated carbocycles. The quantitative estimate of drug-likeness (QED) is 0.668. The van der Waals surface area contributed by atoms with Gasteiger partial charge in [0.05, 0.1) is 36.7 Å². The van der Waals surface area contributed by atoms with Gasteiger partial charge < -0.3 is 19.3 Å². The molecule has 2 aromatic carbocycles. The molecule has 2 rings (SSSR count). The van der Waals surface area contributed by atoms with Crippen LogP contribution in [0.4, 0.5) is 0 Å². The van der Waals surface area contributed by atoms with Gasteiger partial charge in [-0.2, -0.15) is 0 Å². The van der Waals surface area contributed by atoms with E-state index in [1.165, 1.54) is 13.8 Å². The fourth-order valence-electron chi connectivity index (χ4n) is 1.90. The molecular formula is C22H30O4. The van der Waals surface area contributed by atoms with E-state index < -0.39 is 92.3 Å². The molecule has 1 atom stereocenters. The maximum Gasteiger partial charge on any atom is 0.160 e. The predicted molar refractivity (Wildman–Crippen MR) is 105 cm³/mol. The molecule has 1 unspecified atom stereocenters. The van der Waals surface area contributed by atoms with Crippen LogP contribution in [0, 0.1) is 13.8 Å². The Kier molecular flexibility index (Phi) is 3.18. The maximum absolute atomic E-state index is 10.6. The van der Waals surface area contributed by atoms with Crippen molar-refractivity contribution in [1.29, 1.82) is 0 Å². The molecule has 142 valence electrons. The van der Waals surface area contributed by atoms with Crippen LogP contribution in [0.3, 0.4) is 0 Å². The van der Waals surface area contributed by atoms with Gasteiger partial charge in [-0.1, -0.05) is 18.5 Å². The van der Waals surface area contributed by atoms with Crippen molar-refractivity contribution in [2.45, 2.75) is 45.6 Å². The van der Waals surface area contributed by atoms with Crippen molar-refractivity contribution < 1.29 is 38.5 Å². The molecule has 0 aromatic heterocycles. The Bertz CT molecular complexity index is 1240. The van der Waals surface area contributed by atoms with Crippen LogP contribution in [0.5, 0.6) is 17.2 Å². The van der Waals surface area contributed by atoms with Gasteiger partial charge in [0.25, 0.3) is 0 Å². The summed E-state index contributed by atoms with van der Waals surface area (Å²) in [7, 11) is -2.01. The second kappa shape index (κ2) is 10.1. The summed E-state index contributed by atoms with van der Waals surface area (Å²) in [4.78, 5) is 0. The minimum atomic E-state index is -3.21. The van der Waals surface area contributed by atoms with Gasteiger partial charge >= 0.3 is 0 Å². The zero-order valence-electron chi connectivity index (χ0n) is 28.8. The largest absolute Gasteiger partial charge is 0.493 e. The van der Waals surface area contributed by atoms with E-state index in [2.05, 4.69) is 0 Å². The van der Waals surface area contributed by atoms with Crippen LogP contribution in [0.25, 0.3) is 0 Å². The summed E-state index contributed by atoms with van der Waals surface area (Å²) >= 11 is 0. The third-order valence-electron chi connectivity index (χ3n) is 3.44. The molecule has 0 aliphatic carbocycles. The lowest BCUT2D eigenvalue weighted by molar-refractivity contribution is 0.0976. The summed E-state index contributed by atoms with van der Waals surface area (Å²) < 4.78 is 127. The molecule has 0 amide bonds. The van der Waals surface area contributed by atoms with Crippen LogP contribution >= 0.6 is 0 Å². The fourth-order valence-corrected chi connectivity index (χ4v) is 1.90. The van der Waals surface area contributed by atoms with E-state index in [-0.39, 0.29) is 17.6 Å². The van der Waals surface area contributed by atoms with Crippen LogP contribution in [-0.2, 0) is 6.37 Å². The van der Waals surface area contributed by atoms with E-state index in [0.717, 1.165) is 7.11 Å². The summed E-state index contributed by atoms with van der Waals surface area (Å²) in [6.45, 7) is -0.227. The summed E-state index contributed by atoms with van der Waals surface area (Å²) in [5.74, 6) is -1.94. The molecular weight excluding hydrogens is 328 g/mol. The lowest BCUT2D eigenvalue weighted by Crippen LogP contribution is -2.17. The summed E-state index contributed by atoms with van der Waals surface area (Å²) in [6.07, 6.45) is -7.39. The smallest absolute Gasteiger partial charge is 0.160 e. The Balaban J connectivity index is 2.35.